The van der Waals surface area contributed by atoms with E-state index in [-0.39, 0.29) is 0 Å². The SMILES string of the molecule is c1ccc(-c2ccc3ccc(-c4ccn(C5CC(CN6CCC6)C5)n4)cc3n2)cc1. The number of likely N-dealkylation sites (tertiary alicyclic amines) is 1. The number of pyridine rings is 1. The van der Waals surface area contributed by atoms with E-state index in [0.717, 1.165) is 39.3 Å². The smallest absolute Gasteiger partial charge is 0.0924 e. The summed E-state index contributed by atoms with van der Waals surface area (Å²) in [7, 11) is 0. The zero-order valence-electron chi connectivity index (χ0n) is 17.1. The van der Waals surface area contributed by atoms with E-state index in [0.29, 0.717) is 6.04 Å². The van der Waals surface area contributed by atoms with Crippen LogP contribution in [0.15, 0.2) is 72.9 Å². The second-order valence-electron chi connectivity index (χ2n) is 8.80. The van der Waals surface area contributed by atoms with Crippen LogP contribution < -0.4 is 0 Å². The van der Waals surface area contributed by atoms with Crippen LogP contribution in [0.1, 0.15) is 25.3 Å². The van der Waals surface area contributed by atoms with Crippen LogP contribution in [-0.2, 0) is 0 Å². The predicted octanol–water partition coefficient (Wildman–Crippen LogP) is 5.42. The van der Waals surface area contributed by atoms with E-state index in [1.807, 2.05) is 6.07 Å². The number of fused-ring (bicyclic) bond motifs is 1. The molecule has 2 aromatic heterocycles. The molecule has 1 saturated carbocycles. The van der Waals surface area contributed by atoms with E-state index in [1.165, 1.54) is 38.9 Å². The molecule has 4 heteroatoms. The average Bonchev–Trinajstić information content (AvgIpc) is 3.21. The van der Waals surface area contributed by atoms with E-state index in [4.69, 9.17) is 10.1 Å². The largest absolute Gasteiger partial charge is 0.303 e. The van der Waals surface area contributed by atoms with Crippen molar-refractivity contribution in [1.29, 1.82) is 0 Å². The summed E-state index contributed by atoms with van der Waals surface area (Å²) in [5.74, 6) is 0.851. The summed E-state index contributed by atoms with van der Waals surface area (Å²) in [6.07, 6.45) is 6.05. The third-order valence-electron chi connectivity index (χ3n) is 6.72. The molecule has 4 nitrogen and oxygen atoms in total. The molecule has 0 radical (unpaired) electrons. The fraction of sp³-hybridized carbons (Fsp3) is 0.308. The van der Waals surface area contributed by atoms with Gasteiger partial charge in [0.05, 0.1) is 22.9 Å². The monoisotopic (exact) mass is 394 g/mol. The lowest BCUT2D eigenvalue weighted by molar-refractivity contribution is 0.0866. The van der Waals surface area contributed by atoms with Crippen molar-refractivity contribution >= 4 is 10.9 Å². The molecule has 1 aliphatic carbocycles. The van der Waals surface area contributed by atoms with Gasteiger partial charge >= 0.3 is 0 Å². The van der Waals surface area contributed by atoms with Crippen LogP contribution in [0.5, 0.6) is 0 Å². The van der Waals surface area contributed by atoms with Gasteiger partial charge in [-0.3, -0.25) is 4.68 Å². The third-order valence-corrected chi connectivity index (χ3v) is 6.72. The lowest BCUT2D eigenvalue weighted by atomic mass is 9.79. The predicted molar refractivity (Wildman–Crippen MR) is 121 cm³/mol. The molecule has 1 saturated heterocycles. The van der Waals surface area contributed by atoms with Crippen molar-refractivity contribution in [3.8, 4) is 22.5 Å². The van der Waals surface area contributed by atoms with Gasteiger partial charge in [0, 0.05) is 29.3 Å². The van der Waals surface area contributed by atoms with Crippen LogP contribution >= 0.6 is 0 Å². The molecule has 3 heterocycles. The average molecular weight is 395 g/mol. The van der Waals surface area contributed by atoms with Crippen molar-refractivity contribution < 1.29 is 0 Å². The normalized spacial score (nSPS) is 21.3. The topological polar surface area (TPSA) is 34.0 Å². The van der Waals surface area contributed by atoms with Crippen molar-refractivity contribution in [3.05, 3.63) is 72.9 Å². The molecule has 0 unspecified atom stereocenters. The second-order valence-corrected chi connectivity index (χ2v) is 8.80. The molecular formula is C26H26N4. The molecule has 30 heavy (non-hydrogen) atoms. The summed E-state index contributed by atoms with van der Waals surface area (Å²) >= 11 is 0. The Balaban J connectivity index is 1.21. The van der Waals surface area contributed by atoms with Gasteiger partial charge in [-0.05, 0) is 56.5 Å². The lowest BCUT2D eigenvalue weighted by Crippen LogP contribution is -2.44. The molecule has 2 aromatic carbocycles. The Hall–Kier alpha value is -2.98. The maximum Gasteiger partial charge on any atom is 0.0924 e. The quantitative estimate of drug-likeness (QED) is 0.453. The zero-order valence-corrected chi connectivity index (χ0v) is 17.1. The summed E-state index contributed by atoms with van der Waals surface area (Å²) in [4.78, 5) is 7.50. The third kappa shape index (κ3) is 3.31. The highest BCUT2D eigenvalue weighted by Crippen LogP contribution is 2.39. The van der Waals surface area contributed by atoms with Crippen molar-refractivity contribution in [1.82, 2.24) is 19.7 Å². The van der Waals surface area contributed by atoms with Crippen LogP contribution in [0.3, 0.4) is 0 Å². The van der Waals surface area contributed by atoms with Crippen molar-refractivity contribution in [2.24, 2.45) is 5.92 Å². The van der Waals surface area contributed by atoms with Gasteiger partial charge in [-0.25, -0.2) is 4.98 Å². The Bertz CT molecular complexity index is 1170. The fourth-order valence-electron chi connectivity index (χ4n) is 4.74. The first-order valence-electron chi connectivity index (χ1n) is 11.1. The van der Waals surface area contributed by atoms with Crippen LogP contribution in [0.2, 0.25) is 0 Å². The van der Waals surface area contributed by atoms with Crippen molar-refractivity contribution in [2.75, 3.05) is 19.6 Å². The molecule has 4 aromatic rings. The molecular weight excluding hydrogens is 368 g/mol. The van der Waals surface area contributed by atoms with Gasteiger partial charge in [-0.1, -0.05) is 48.5 Å². The summed E-state index contributed by atoms with van der Waals surface area (Å²) in [5.41, 5.74) is 5.34. The van der Waals surface area contributed by atoms with Crippen LogP contribution in [0.25, 0.3) is 33.4 Å². The van der Waals surface area contributed by atoms with Gasteiger partial charge in [0.1, 0.15) is 0 Å². The van der Waals surface area contributed by atoms with Crippen LogP contribution in [0.4, 0.5) is 0 Å². The number of hydrogen-bond donors (Lipinski definition) is 0. The Kier molecular flexibility index (Phi) is 4.38. The molecule has 0 N–H and O–H groups in total. The fourth-order valence-corrected chi connectivity index (χ4v) is 4.74. The molecule has 0 spiro atoms. The molecule has 2 fully saturated rings. The molecule has 0 atom stereocenters. The Morgan fingerprint density at radius 1 is 0.833 bits per heavy atom. The minimum absolute atomic E-state index is 0.563. The van der Waals surface area contributed by atoms with E-state index in [2.05, 4.69) is 76.4 Å². The van der Waals surface area contributed by atoms with E-state index in [9.17, 15) is 0 Å². The van der Waals surface area contributed by atoms with Crippen LogP contribution in [0, 0.1) is 5.92 Å². The standard InChI is InChI=1S/C26H26N4/c1-2-5-20(6-3-1)24-10-9-21-7-8-22(17-26(21)27-24)25-11-14-30(28-25)23-15-19(16-23)18-29-12-4-13-29/h1-3,5-11,14,17,19,23H,4,12-13,15-16,18H2. The van der Waals surface area contributed by atoms with Crippen molar-refractivity contribution in [3.63, 3.8) is 0 Å². The minimum atomic E-state index is 0.563. The van der Waals surface area contributed by atoms with E-state index >= 15 is 0 Å². The summed E-state index contributed by atoms with van der Waals surface area (Å²) < 4.78 is 2.18. The first kappa shape index (κ1) is 17.8. The first-order valence-corrected chi connectivity index (χ1v) is 11.1. The van der Waals surface area contributed by atoms with Crippen molar-refractivity contribution in [2.45, 2.75) is 25.3 Å². The second kappa shape index (κ2) is 7.37. The molecule has 0 amide bonds. The number of nitrogens with zero attached hydrogens (tertiary/aromatic N) is 4. The number of aromatic nitrogens is 3. The van der Waals surface area contributed by atoms with E-state index in [1.54, 1.807) is 0 Å². The maximum absolute atomic E-state index is 4.91. The molecule has 1 aliphatic heterocycles. The minimum Gasteiger partial charge on any atom is -0.303 e. The van der Waals surface area contributed by atoms with Gasteiger partial charge < -0.3 is 4.90 Å². The maximum atomic E-state index is 4.91. The highest BCUT2D eigenvalue weighted by Gasteiger charge is 2.33. The molecule has 2 aliphatic rings. The highest BCUT2D eigenvalue weighted by atomic mass is 15.3. The van der Waals surface area contributed by atoms with Gasteiger partial charge in [0.25, 0.3) is 0 Å². The number of benzene rings is 2. The Morgan fingerprint density at radius 3 is 2.47 bits per heavy atom. The first-order chi connectivity index (χ1) is 14.8. The number of hydrogen-bond acceptors (Lipinski definition) is 3. The Labute approximate surface area is 177 Å². The van der Waals surface area contributed by atoms with Gasteiger partial charge in [0.15, 0.2) is 0 Å². The highest BCUT2D eigenvalue weighted by molar-refractivity contribution is 5.85. The van der Waals surface area contributed by atoms with Gasteiger partial charge in [-0.2, -0.15) is 5.10 Å². The molecule has 150 valence electrons. The summed E-state index contributed by atoms with van der Waals surface area (Å²) in [6.45, 7) is 3.88. The van der Waals surface area contributed by atoms with Crippen LogP contribution in [-0.4, -0.2) is 39.3 Å². The van der Waals surface area contributed by atoms with Gasteiger partial charge in [0.2, 0.25) is 0 Å². The Morgan fingerprint density at radius 2 is 1.67 bits per heavy atom. The number of rotatable bonds is 5. The molecule has 6 rings (SSSR count). The summed E-state index contributed by atoms with van der Waals surface area (Å²) in [6, 6.07) is 23.8. The summed E-state index contributed by atoms with van der Waals surface area (Å²) in [5, 5.41) is 6.07. The lowest BCUT2D eigenvalue weighted by Gasteiger charge is -2.41. The molecule has 0 bridgehead atoms. The zero-order chi connectivity index (χ0) is 19.9. The van der Waals surface area contributed by atoms with Gasteiger partial charge in [-0.15, -0.1) is 0 Å². The van der Waals surface area contributed by atoms with E-state index < -0.39 is 0 Å².